The molecule has 1 saturated heterocycles. The Morgan fingerprint density at radius 1 is 1.25 bits per heavy atom. The molecule has 0 bridgehead atoms. The Hall–Kier alpha value is -3.13. The third kappa shape index (κ3) is 4.23. The van der Waals surface area contributed by atoms with Crippen molar-refractivity contribution >= 4 is 45.5 Å². The summed E-state index contributed by atoms with van der Waals surface area (Å²) >= 11 is 3.28. The van der Waals surface area contributed by atoms with E-state index in [4.69, 9.17) is 0 Å². The molecule has 3 N–H and O–H groups in total. The van der Waals surface area contributed by atoms with E-state index in [1.54, 1.807) is 24.3 Å². The molecule has 0 aliphatic carbocycles. The monoisotopic (exact) mass is 443 g/mol. The standard InChI is InChI=1S/C20H18BrN3O4/c1-2-12-5-3-4-6-15(12)22-18(26)11-24-19(27)16(23-20(24)28)10-13-9-14(21)7-8-17(13)25/h3-10,25H,2,11H2,1H3,(H,22,26)(H,23,28)/b16-10+. The fourth-order valence-corrected chi connectivity index (χ4v) is 3.17. The number of nitrogens with zero attached hydrogens (tertiary/aromatic N) is 1. The summed E-state index contributed by atoms with van der Waals surface area (Å²) in [5.41, 5.74) is 1.96. The number of phenols is 1. The second-order valence-electron chi connectivity index (χ2n) is 6.14. The number of imide groups is 1. The van der Waals surface area contributed by atoms with Gasteiger partial charge in [0.25, 0.3) is 5.91 Å². The zero-order valence-electron chi connectivity index (χ0n) is 15.0. The smallest absolute Gasteiger partial charge is 0.329 e. The van der Waals surface area contributed by atoms with Gasteiger partial charge in [-0.3, -0.25) is 9.59 Å². The largest absolute Gasteiger partial charge is 0.507 e. The van der Waals surface area contributed by atoms with Crippen molar-refractivity contribution < 1.29 is 19.5 Å². The average Bonchev–Trinajstić information content (AvgIpc) is 2.92. The van der Waals surface area contributed by atoms with Crippen molar-refractivity contribution in [2.45, 2.75) is 13.3 Å². The van der Waals surface area contributed by atoms with Crippen LogP contribution in [-0.2, 0) is 16.0 Å². The summed E-state index contributed by atoms with van der Waals surface area (Å²) in [5.74, 6) is -1.15. The summed E-state index contributed by atoms with van der Waals surface area (Å²) < 4.78 is 0.708. The molecule has 7 nitrogen and oxygen atoms in total. The molecule has 1 fully saturated rings. The van der Waals surface area contributed by atoms with Gasteiger partial charge >= 0.3 is 6.03 Å². The number of para-hydroxylation sites is 1. The second kappa shape index (κ2) is 8.26. The highest BCUT2D eigenvalue weighted by Gasteiger charge is 2.35. The number of phenolic OH excluding ortho intramolecular Hbond substituents is 1. The van der Waals surface area contributed by atoms with Crippen molar-refractivity contribution in [3.8, 4) is 5.75 Å². The molecule has 0 aromatic heterocycles. The van der Waals surface area contributed by atoms with Gasteiger partial charge in [-0.1, -0.05) is 41.1 Å². The maximum absolute atomic E-state index is 12.5. The zero-order valence-corrected chi connectivity index (χ0v) is 16.6. The predicted octanol–water partition coefficient (Wildman–Crippen LogP) is 3.25. The summed E-state index contributed by atoms with van der Waals surface area (Å²) in [4.78, 5) is 37.8. The van der Waals surface area contributed by atoms with Crippen LogP contribution in [0, 0.1) is 0 Å². The minimum absolute atomic E-state index is 0.0137. The molecule has 2 aromatic carbocycles. The summed E-state index contributed by atoms with van der Waals surface area (Å²) in [6.45, 7) is 1.56. The lowest BCUT2D eigenvalue weighted by Crippen LogP contribution is -2.38. The number of rotatable bonds is 5. The molecule has 0 radical (unpaired) electrons. The van der Waals surface area contributed by atoms with E-state index in [1.807, 2.05) is 19.1 Å². The number of hydrogen-bond acceptors (Lipinski definition) is 4. The molecule has 0 saturated carbocycles. The van der Waals surface area contributed by atoms with E-state index in [-0.39, 0.29) is 11.4 Å². The molecule has 8 heteroatoms. The Labute approximate surface area is 170 Å². The lowest BCUT2D eigenvalue weighted by Gasteiger charge is -2.13. The van der Waals surface area contributed by atoms with Crippen LogP contribution < -0.4 is 10.6 Å². The molecule has 0 spiro atoms. The fourth-order valence-electron chi connectivity index (χ4n) is 2.80. The molecule has 4 amide bonds. The Balaban J connectivity index is 1.74. The van der Waals surface area contributed by atoms with Crippen LogP contribution in [0.2, 0.25) is 0 Å². The van der Waals surface area contributed by atoms with Crippen LogP contribution in [0.15, 0.2) is 52.6 Å². The van der Waals surface area contributed by atoms with Crippen LogP contribution in [0.4, 0.5) is 10.5 Å². The predicted molar refractivity (Wildman–Crippen MR) is 108 cm³/mol. The Morgan fingerprint density at radius 3 is 2.75 bits per heavy atom. The van der Waals surface area contributed by atoms with Gasteiger partial charge < -0.3 is 15.7 Å². The summed E-state index contributed by atoms with van der Waals surface area (Å²) in [5, 5.41) is 15.1. The molecule has 1 aliphatic rings. The van der Waals surface area contributed by atoms with E-state index in [0.29, 0.717) is 15.7 Å². The van der Waals surface area contributed by atoms with Crippen molar-refractivity contribution in [1.29, 1.82) is 0 Å². The molecule has 3 rings (SSSR count). The number of urea groups is 1. The van der Waals surface area contributed by atoms with E-state index in [1.165, 1.54) is 12.1 Å². The minimum Gasteiger partial charge on any atom is -0.507 e. The van der Waals surface area contributed by atoms with Gasteiger partial charge in [0.05, 0.1) is 0 Å². The first kappa shape index (κ1) is 19.6. The van der Waals surface area contributed by atoms with E-state index >= 15 is 0 Å². The second-order valence-corrected chi connectivity index (χ2v) is 7.06. The first-order chi connectivity index (χ1) is 13.4. The van der Waals surface area contributed by atoms with Gasteiger partial charge in [-0.2, -0.15) is 0 Å². The summed E-state index contributed by atoms with van der Waals surface area (Å²) in [6, 6.07) is 11.4. The van der Waals surface area contributed by atoms with Crippen molar-refractivity contribution in [2.75, 3.05) is 11.9 Å². The highest BCUT2D eigenvalue weighted by molar-refractivity contribution is 9.10. The van der Waals surface area contributed by atoms with Gasteiger partial charge in [-0.25, -0.2) is 9.69 Å². The molecule has 144 valence electrons. The molecular weight excluding hydrogens is 426 g/mol. The highest BCUT2D eigenvalue weighted by Crippen LogP contribution is 2.25. The molecular formula is C20H18BrN3O4. The van der Waals surface area contributed by atoms with E-state index in [9.17, 15) is 19.5 Å². The van der Waals surface area contributed by atoms with Crippen molar-refractivity contribution in [1.82, 2.24) is 10.2 Å². The average molecular weight is 444 g/mol. The topological polar surface area (TPSA) is 98.7 Å². The number of aromatic hydroxyl groups is 1. The highest BCUT2D eigenvalue weighted by atomic mass is 79.9. The van der Waals surface area contributed by atoms with Gasteiger partial charge in [0.1, 0.15) is 18.0 Å². The Kier molecular flexibility index (Phi) is 5.79. The maximum Gasteiger partial charge on any atom is 0.329 e. The first-order valence-electron chi connectivity index (χ1n) is 8.60. The van der Waals surface area contributed by atoms with Gasteiger partial charge in [-0.15, -0.1) is 0 Å². The molecule has 1 aliphatic heterocycles. The first-order valence-corrected chi connectivity index (χ1v) is 9.39. The summed E-state index contributed by atoms with van der Waals surface area (Å²) in [6.07, 6.45) is 2.10. The number of benzene rings is 2. The number of halogens is 1. The van der Waals surface area contributed by atoms with Crippen LogP contribution in [0.1, 0.15) is 18.1 Å². The third-order valence-electron chi connectivity index (χ3n) is 4.23. The number of amides is 4. The molecule has 0 atom stereocenters. The van der Waals surface area contributed by atoms with Crippen molar-refractivity contribution in [3.63, 3.8) is 0 Å². The lowest BCUT2D eigenvalue weighted by atomic mass is 10.1. The SMILES string of the molecule is CCc1ccccc1NC(=O)CN1C(=O)N/C(=C/c2cc(Br)ccc2O)C1=O. The van der Waals surface area contributed by atoms with Crippen molar-refractivity contribution in [3.05, 3.63) is 63.8 Å². The Bertz CT molecular complexity index is 987. The Morgan fingerprint density at radius 2 is 2.00 bits per heavy atom. The number of anilines is 1. The van der Waals surface area contributed by atoms with Crippen LogP contribution in [0.5, 0.6) is 5.75 Å². The van der Waals surface area contributed by atoms with E-state index < -0.39 is 24.4 Å². The fraction of sp³-hybridized carbons (Fsp3) is 0.150. The van der Waals surface area contributed by atoms with Crippen LogP contribution in [0.3, 0.4) is 0 Å². The van der Waals surface area contributed by atoms with Gasteiger partial charge in [0, 0.05) is 15.7 Å². The molecule has 1 heterocycles. The minimum atomic E-state index is -0.690. The quantitative estimate of drug-likeness (QED) is 0.487. The zero-order chi connectivity index (χ0) is 20.3. The van der Waals surface area contributed by atoms with Crippen LogP contribution >= 0.6 is 15.9 Å². The molecule has 2 aromatic rings. The van der Waals surface area contributed by atoms with Gasteiger partial charge in [0.2, 0.25) is 5.91 Å². The maximum atomic E-state index is 12.5. The number of carbonyl (C=O) groups is 3. The molecule has 28 heavy (non-hydrogen) atoms. The van der Waals surface area contributed by atoms with Crippen LogP contribution in [0.25, 0.3) is 6.08 Å². The number of carbonyl (C=O) groups excluding carboxylic acids is 3. The van der Waals surface area contributed by atoms with Crippen molar-refractivity contribution in [2.24, 2.45) is 0 Å². The normalized spacial score (nSPS) is 15.1. The molecule has 0 unspecified atom stereocenters. The number of hydrogen-bond donors (Lipinski definition) is 3. The van der Waals surface area contributed by atoms with E-state index in [2.05, 4.69) is 26.6 Å². The third-order valence-corrected chi connectivity index (χ3v) is 4.72. The van der Waals surface area contributed by atoms with E-state index in [0.717, 1.165) is 16.9 Å². The number of nitrogens with one attached hydrogen (secondary N) is 2. The number of aryl methyl sites for hydroxylation is 1. The lowest BCUT2D eigenvalue weighted by molar-refractivity contribution is -0.127. The van der Waals surface area contributed by atoms with Gasteiger partial charge in [0.15, 0.2) is 0 Å². The van der Waals surface area contributed by atoms with Crippen LogP contribution in [-0.4, -0.2) is 34.4 Å². The summed E-state index contributed by atoms with van der Waals surface area (Å²) in [7, 11) is 0. The van der Waals surface area contributed by atoms with Gasteiger partial charge in [-0.05, 0) is 42.3 Å².